The summed E-state index contributed by atoms with van der Waals surface area (Å²) in [5, 5.41) is 6.62. The van der Waals surface area contributed by atoms with E-state index in [9.17, 15) is 0 Å². The van der Waals surface area contributed by atoms with Crippen molar-refractivity contribution in [3.8, 4) is 0 Å². The summed E-state index contributed by atoms with van der Waals surface area (Å²) in [5.74, 6) is 2.42. The Balaban J connectivity index is 0.00000324. The van der Waals surface area contributed by atoms with Crippen LogP contribution in [0.2, 0.25) is 0 Å². The van der Waals surface area contributed by atoms with Crippen molar-refractivity contribution in [3.05, 3.63) is 0 Å². The lowest BCUT2D eigenvalue weighted by molar-refractivity contribution is 0.108. The molecule has 0 spiro atoms. The molecule has 4 nitrogen and oxygen atoms in total. The second-order valence-electron chi connectivity index (χ2n) is 5.41. The van der Waals surface area contributed by atoms with Gasteiger partial charge in [0.2, 0.25) is 0 Å². The van der Waals surface area contributed by atoms with E-state index in [0.29, 0.717) is 5.92 Å². The number of nitrogens with one attached hydrogen (secondary N) is 2. The minimum atomic E-state index is 0. The van der Waals surface area contributed by atoms with Crippen molar-refractivity contribution in [1.82, 2.24) is 10.6 Å². The number of aliphatic imine (C=N–C) groups is 1. The largest absolute Gasteiger partial charge is 0.381 e. The van der Waals surface area contributed by atoms with Gasteiger partial charge >= 0.3 is 0 Å². The normalized spacial score (nSPS) is 15.3. The Morgan fingerprint density at radius 1 is 1.32 bits per heavy atom. The lowest BCUT2D eigenvalue weighted by Crippen LogP contribution is -2.38. The maximum absolute atomic E-state index is 5.54. The predicted octanol–water partition coefficient (Wildman–Crippen LogP) is 2.63. The Hall–Kier alpha value is -0.0400. The van der Waals surface area contributed by atoms with Crippen molar-refractivity contribution in [2.24, 2.45) is 16.8 Å². The Labute approximate surface area is 135 Å². The van der Waals surface area contributed by atoms with Gasteiger partial charge in [-0.05, 0) is 38.0 Å². The first-order valence-electron chi connectivity index (χ1n) is 7.32. The van der Waals surface area contributed by atoms with Crippen molar-refractivity contribution >= 4 is 29.9 Å². The van der Waals surface area contributed by atoms with Gasteiger partial charge in [-0.3, -0.25) is 4.99 Å². The molecule has 1 rings (SSSR count). The molecular weight excluding hydrogens is 353 g/mol. The highest BCUT2D eigenvalue weighted by Gasteiger charge is 2.20. The third-order valence-electron chi connectivity index (χ3n) is 2.76. The van der Waals surface area contributed by atoms with Gasteiger partial charge in [-0.15, -0.1) is 24.0 Å². The van der Waals surface area contributed by atoms with Crippen molar-refractivity contribution in [2.45, 2.75) is 40.0 Å². The van der Waals surface area contributed by atoms with E-state index in [-0.39, 0.29) is 24.0 Å². The monoisotopic (exact) mass is 383 g/mol. The third-order valence-corrected chi connectivity index (χ3v) is 2.76. The van der Waals surface area contributed by atoms with Crippen LogP contribution >= 0.6 is 24.0 Å². The average molecular weight is 383 g/mol. The zero-order chi connectivity index (χ0) is 13.2. The van der Waals surface area contributed by atoms with E-state index in [4.69, 9.17) is 4.74 Å². The van der Waals surface area contributed by atoms with Crippen LogP contribution in [0.15, 0.2) is 4.99 Å². The SMILES string of the molecule is CCNC(=NCC1CC1)NCCCOCC(C)C.I. The summed E-state index contributed by atoms with van der Waals surface area (Å²) < 4.78 is 5.54. The van der Waals surface area contributed by atoms with E-state index < -0.39 is 0 Å². The number of halogens is 1. The molecular formula is C14H30IN3O. The predicted molar refractivity (Wildman–Crippen MR) is 92.4 cm³/mol. The highest BCUT2D eigenvalue weighted by Crippen LogP contribution is 2.28. The number of hydrogen-bond donors (Lipinski definition) is 2. The number of guanidine groups is 1. The van der Waals surface area contributed by atoms with Crippen LogP contribution in [0.3, 0.4) is 0 Å². The van der Waals surface area contributed by atoms with Crippen LogP contribution in [0.5, 0.6) is 0 Å². The van der Waals surface area contributed by atoms with Gasteiger partial charge in [0.25, 0.3) is 0 Å². The molecule has 0 heterocycles. The summed E-state index contributed by atoms with van der Waals surface area (Å²) in [5.41, 5.74) is 0. The standard InChI is InChI=1S/C14H29N3O.HI/c1-4-15-14(17-10-13-6-7-13)16-8-5-9-18-11-12(2)3;/h12-13H,4-11H2,1-3H3,(H2,15,16,17);1H. The second kappa shape index (κ2) is 11.8. The summed E-state index contributed by atoms with van der Waals surface area (Å²) in [6.45, 7) is 10.9. The molecule has 1 fully saturated rings. The average Bonchev–Trinajstić information content (AvgIpc) is 3.13. The minimum absolute atomic E-state index is 0. The van der Waals surface area contributed by atoms with E-state index in [1.54, 1.807) is 0 Å². The van der Waals surface area contributed by atoms with E-state index >= 15 is 0 Å². The Kier molecular flexibility index (Phi) is 11.7. The van der Waals surface area contributed by atoms with Gasteiger partial charge in [0.15, 0.2) is 5.96 Å². The summed E-state index contributed by atoms with van der Waals surface area (Å²) in [4.78, 5) is 4.58. The molecule has 0 aromatic rings. The maximum atomic E-state index is 5.54. The van der Waals surface area contributed by atoms with Crippen molar-refractivity contribution in [3.63, 3.8) is 0 Å². The summed E-state index contributed by atoms with van der Waals surface area (Å²) >= 11 is 0. The van der Waals surface area contributed by atoms with Gasteiger partial charge in [-0.25, -0.2) is 0 Å². The van der Waals surface area contributed by atoms with E-state index in [0.717, 1.165) is 51.1 Å². The second-order valence-corrected chi connectivity index (χ2v) is 5.41. The molecule has 0 amide bonds. The van der Waals surface area contributed by atoms with Crippen molar-refractivity contribution in [2.75, 3.05) is 32.8 Å². The molecule has 0 bridgehead atoms. The molecule has 1 aliphatic rings. The van der Waals surface area contributed by atoms with Gasteiger partial charge < -0.3 is 15.4 Å². The number of nitrogens with zero attached hydrogens (tertiary/aromatic N) is 1. The molecule has 114 valence electrons. The van der Waals surface area contributed by atoms with Crippen molar-refractivity contribution < 1.29 is 4.74 Å². The first kappa shape index (κ1) is 19.0. The van der Waals surface area contributed by atoms with Crippen LogP contribution in [0.1, 0.15) is 40.0 Å². The number of rotatable bonds is 9. The molecule has 0 saturated heterocycles. The van der Waals surface area contributed by atoms with E-state index in [1.807, 2.05) is 0 Å². The fourth-order valence-corrected chi connectivity index (χ4v) is 1.56. The molecule has 1 saturated carbocycles. The Morgan fingerprint density at radius 3 is 2.63 bits per heavy atom. The Morgan fingerprint density at radius 2 is 2.05 bits per heavy atom. The van der Waals surface area contributed by atoms with E-state index in [1.165, 1.54) is 12.8 Å². The topological polar surface area (TPSA) is 45.7 Å². The smallest absolute Gasteiger partial charge is 0.191 e. The molecule has 0 aromatic carbocycles. The molecule has 19 heavy (non-hydrogen) atoms. The van der Waals surface area contributed by atoms with Crippen LogP contribution in [0.4, 0.5) is 0 Å². The molecule has 0 radical (unpaired) electrons. The lowest BCUT2D eigenvalue weighted by atomic mass is 10.2. The molecule has 0 aliphatic heterocycles. The molecule has 2 N–H and O–H groups in total. The number of ether oxygens (including phenoxy) is 1. The molecule has 5 heteroatoms. The summed E-state index contributed by atoms with van der Waals surface area (Å²) in [7, 11) is 0. The fourth-order valence-electron chi connectivity index (χ4n) is 1.56. The number of hydrogen-bond acceptors (Lipinski definition) is 2. The highest BCUT2D eigenvalue weighted by atomic mass is 127. The Bertz CT molecular complexity index is 243. The first-order valence-corrected chi connectivity index (χ1v) is 7.32. The van der Waals surface area contributed by atoms with Gasteiger partial charge in [-0.2, -0.15) is 0 Å². The minimum Gasteiger partial charge on any atom is -0.381 e. The van der Waals surface area contributed by atoms with Crippen LogP contribution in [0.25, 0.3) is 0 Å². The summed E-state index contributed by atoms with van der Waals surface area (Å²) in [6.07, 6.45) is 3.73. The van der Waals surface area contributed by atoms with Gasteiger partial charge in [-0.1, -0.05) is 13.8 Å². The summed E-state index contributed by atoms with van der Waals surface area (Å²) in [6, 6.07) is 0. The van der Waals surface area contributed by atoms with Gasteiger partial charge in [0, 0.05) is 32.8 Å². The van der Waals surface area contributed by atoms with Crippen LogP contribution in [-0.4, -0.2) is 38.8 Å². The molecule has 0 unspecified atom stereocenters. The van der Waals surface area contributed by atoms with Gasteiger partial charge in [0.1, 0.15) is 0 Å². The third kappa shape index (κ3) is 11.5. The first-order chi connectivity index (χ1) is 8.72. The van der Waals surface area contributed by atoms with Crippen LogP contribution in [0, 0.1) is 11.8 Å². The van der Waals surface area contributed by atoms with E-state index in [2.05, 4.69) is 36.4 Å². The quantitative estimate of drug-likeness (QED) is 0.279. The fraction of sp³-hybridized carbons (Fsp3) is 0.929. The van der Waals surface area contributed by atoms with Crippen LogP contribution < -0.4 is 10.6 Å². The zero-order valence-electron chi connectivity index (χ0n) is 12.6. The molecule has 0 atom stereocenters. The zero-order valence-corrected chi connectivity index (χ0v) is 14.9. The lowest BCUT2D eigenvalue weighted by Gasteiger charge is -2.11. The van der Waals surface area contributed by atoms with Gasteiger partial charge in [0.05, 0.1) is 0 Å². The molecule has 0 aromatic heterocycles. The van der Waals surface area contributed by atoms with Crippen LogP contribution in [-0.2, 0) is 4.74 Å². The van der Waals surface area contributed by atoms with Crippen molar-refractivity contribution in [1.29, 1.82) is 0 Å². The maximum Gasteiger partial charge on any atom is 0.191 e. The highest BCUT2D eigenvalue weighted by molar-refractivity contribution is 14.0. The molecule has 1 aliphatic carbocycles.